The number of ether oxygens (including phenoxy) is 2. The summed E-state index contributed by atoms with van der Waals surface area (Å²) in [7, 11) is 1.71. The Labute approximate surface area is 187 Å². The predicted molar refractivity (Wildman–Crippen MR) is 127 cm³/mol. The maximum Gasteiger partial charge on any atom is 0.191 e. The number of aliphatic imine (C=N–C) groups is 1. The highest BCUT2D eigenvalue weighted by atomic mass is 127. The van der Waals surface area contributed by atoms with Crippen LogP contribution in [0, 0.1) is 12.8 Å². The molecule has 1 aliphatic rings. The lowest BCUT2D eigenvalue weighted by molar-refractivity contribution is 0.00752. The number of methoxy groups -OCH3 is 1. The molecule has 0 aromatic heterocycles. The molecule has 2 N–H and O–H groups in total. The van der Waals surface area contributed by atoms with E-state index in [0.29, 0.717) is 18.5 Å². The van der Waals surface area contributed by atoms with Gasteiger partial charge in [-0.05, 0) is 31.4 Å². The first-order valence-electron chi connectivity index (χ1n) is 10.0. The zero-order chi connectivity index (χ0) is 19.6. The number of benzene rings is 1. The summed E-state index contributed by atoms with van der Waals surface area (Å²) in [5.41, 5.74) is 2.28. The van der Waals surface area contributed by atoms with Crippen LogP contribution in [-0.4, -0.2) is 63.4 Å². The average molecular weight is 504 g/mol. The highest BCUT2D eigenvalue weighted by Gasteiger charge is 2.23. The minimum atomic E-state index is 0. The molecule has 1 unspecified atom stereocenters. The van der Waals surface area contributed by atoms with Crippen molar-refractivity contribution < 1.29 is 9.47 Å². The van der Waals surface area contributed by atoms with Crippen molar-refractivity contribution in [3.8, 4) is 5.75 Å². The van der Waals surface area contributed by atoms with Gasteiger partial charge in [0.2, 0.25) is 0 Å². The molecule has 0 aliphatic carbocycles. The van der Waals surface area contributed by atoms with Gasteiger partial charge < -0.3 is 20.1 Å². The van der Waals surface area contributed by atoms with Crippen LogP contribution in [0.5, 0.6) is 5.75 Å². The minimum Gasteiger partial charge on any atom is -0.496 e. The third kappa shape index (κ3) is 7.75. The van der Waals surface area contributed by atoms with Crippen molar-refractivity contribution in [1.29, 1.82) is 0 Å². The fourth-order valence-corrected chi connectivity index (χ4v) is 3.39. The van der Waals surface area contributed by atoms with Crippen LogP contribution in [0.2, 0.25) is 0 Å². The second-order valence-corrected chi connectivity index (χ2v) is 7.35. The third-order valence-electron chi connectivity index (χ3n) is 4.96. The normalized spacial score (nSPS) is 16.4. The fourth-order valence-electron chi connectivity index (χ4n) is 3.39. The molecule has 2 rings (SSSR count). The van der Waals surface area contributed by atoms with Gasteiger partial charge in [0.05, 0.1) is 26.9 Å². The first-order valence-corrected chi connectivity index (χ1v) is 10.0. The van der Waals surface area contributed by atoms with Crippen LogP contribution in [0.3, 0.4) is 0 Å². The molecule has 7 heteroatoms. The number of nitrogens with zero attached hydrogens (tertiary/aromatic N) is 2. The molecule has 6 nitrogen and oxygen atoms in total. The van der Waals surface area contributed by atoms with Crippen LogP contribution in [0.1, 0.15) is 31.9 Å². The van der Waals surface area contributed by atoms with Crippen molar-refractivity contribution in [2.24, 2.45) is 10.9 Å². The van der Waals surface area contributed by atoms with Gasteiger partial charge in [0.15, 0.2) is 5.96 Å². The SMILES string of the molecule is CCNC(=NCc1ccc(C)cc1OC)NCC(C(C)C)N1CCOCC1.I. The molecular formula is C21H37IN4O2. The van der Waals surface area contributed by atoms with Crippen LogP contribution in [0.15, 0.2) is 23.2 Å². The van der Waals surface area contributed by atoms with Crippen molar-refractivity contribution >= 4 is 29.9 Å². The Morgan fingerprint density at radius 1 is 1.25 bits per heavy atom. The van der Waals surface area contributed by atoms with E-state index in [1.165, 1.54) is 5.56 Å². The number of morpholine rings is 1. The predicted octanol–water partition coefficient (Wildman–Crippen LogP) is 3.03. The Balaban J connectivity index is 0.00000392. The number of halogens is 1. The number of hydrogen-bond acceptors (Lipinski definition) is 4. The van der Waals surface area contributed by atoms with E-state index < -0.39 is 0 Å². The maximum atomic E-state index is 5.50. The van der Waals surface area contributed by atoms with E-state index >= 15 is 0 Å². The molecule has 1 atom stereocenters. The van der Waals surface area contributed by atoms with Gasteiger partial charge >= 0.3 is 0 Å². The molecule has 0 radical (unpaired) electrons. The zero-order valence-corrected chi connectivity index (χ0v) is 20.3. The van der Waals surface area contributed by atoms with E-state index in [4.69, 9.17) is 14.5 Å². The molecule has 0 amide bonds. The Morgan fingerprint density at radius 2 is 1.96 bits per heavy atom. The fraction of sp³-hybridized carbons (Fsp3) is 0.667. The molecule has 0 spiro atoms. The van der Waals surface area contributed by atoms with E-state index in [9.17, 15) is 0 Å². The van der Waals surface area contributed by atoms with Crippen LogP contribution in [-0.2, 0) is 11.3 Å². The van der Waals surface area contributed by atoms with E-state index in [1.54, 1.807) is 7.11 Å². The average Bonchev–Trinajstić information content (AvgIpc) is 2.67. The van der Waals surface area contributed by atoms with Crippen molar-refractivity contribution in [3.05, 3.63) is 29.3 Å². The molecular weight excluding hydrogens is 467 g/mol. The maximum absolute atomic E-state index is 5.50. The number of guanidine groups is 1. The molecule has 0 bridgehead atoms. The zero-order valence-electron chi connectivity index (χ0n) is 18.0. The van der Waals surface area contributed by atoms with Gasteiger partial charge in [0, 0.05) is 37.8 Å². The highest BCUT2D eigenvalue weighted by Crippen LogP contribution is 2.20. The number of hydrogen-bond donors (Lipinski definition) is 2. The Morgan fingerprint density at radius 3 is 2.57 bits per heavy atom. The Kier molecular flexibility index (Phi) is 11.8. The largest absolute Gasteiger partial charge is 0.496 e. The van der Waals surface area contributed by atoms with Gasteiger partial charge in [-0.25, -0.2) is 4.99 Å². The monoisotopic (exact) mass is 504 g/mol. The summed E-state index contributed by atoms with van der Waals surface area (Å²) in [5.74, 6) is 2.30. The van der Waals surface area contributed by atoms with E-state index in [2.05, 4.69) is 61.4 Å². The quantitative estimate of drug-likeness (QED) is 0.324. The first-order chi connectivity index (χ1) is 13.0. The van der Waals surface area contributed by atoms with E-state index in [1.807, 2.05) is 0 Å². The van der Waals surface area contributed by atoms with E-state index in [-0.39, 0.29) is 24.0 Å². The molecule has 1 saturated heterocycles. The molecule has 160 valence electrons. The summed E-state index contributed by atoms with van der Waals surface area (Å²) in [5, 5.41) is 6.89. The molecule has 1 aliphatic heterocycles. The molecule has 28 heavy (non-hydrogen) atoms. The molecule has 1 heterocycles. The van der Waals surface area contributed by atoms with Gasteiger partial charge in [-0.1, -0.05) is 26.0 Å². The van der Waals surface area contributed by atoms with Gasteiger partial charge in [-0.15, -0.1) is 24.0 Å². The van der Waals surface area contributed by atoms with Crippen molar-refractivity contribution in [1.82, 2.24) is 15.5 Å². The highest BCUT2D eigenvalue weighted by molar-refractivity contribution is 14.0. The lowest BCUT2D eigenvalue weighted by Gasteiger charge is -2.37. The Bertz CT molecular complexity index is 604. The number of nitrogens with one attached hydrogen (secondary N) is 2. The molecule has 1 aromatic carbocycles. The standard InChI is InChI=1S/C21H36N4O2.HI/c1-6-22-21(23-14-18-8-7-17(4)13-20(18)26-5)24-15-19(16(2)3)25-9-11-27-12-10-25;/h7-8,13,16,19H,6,9-12,14-15H2,1-5H3,(H2,22,23,24);1H. The summed E-state index contributed by atoms with van der Waals surface area (Å²) in [4.78, 5) is 7.29. The second-order valence-electron chi connectivity index (χ2n) is 7.35. The van der Waals surface area contributed by atoms with Crippen molar-refractivity contribution in [3.63, 3.8) is 0 Å². The van der Waals surface area contributed by atoms with Crippen molar-refractivity contribution in [2.45, 2.75) is 40.3 Å². The minimum absolute atomic E-state index is 0. The van der Waals surface area contributed by atoms with Crippen LogP contribution in [0.25, 0.3) is 0 Å². The lowest BCUT2D eigenvalue weighted by atomic mass is 10.0. The number of rotatable bonds is 8. The van der Waals surface area contributed by atoms with Gasteiger partial charge in [-0.2, -0.15) is 0 Å². The lowest BCUT2D eigenvalue weighted by Crippen LogP contribution is -2.52. The van der Waals surface area contributed by atoms with Crippen LogP contribution < -0.4 is 15.4 Å². The topological polar surface area (TPSA) is 58.1 Å². The summed E-state index contributed by atoms with van der Waals surface area (Å²) in [6, 6.07) is 6.71. The smallest absolute Gasteiger partial charge is 0.191 e. The first kappa shape index (κ1) is 25.0. The second kappa shape index (κ2) is 13.2. The summed E-state index contributed by atoms with van der Waals surface area (Å²) in [6.45, 7) is 14.7. The van der Waals surface area contributed by atoms with Crippen molar-refractivity contribution in [2.75, 3.05) is 46.5 Å². The van der Waals surface area contributed by atoms with Gasteiger partial charge in [-0.3, -0.25) is 4.90 Å². The van der Waals surface area contributed by atoms with E-state index in [0.717, 1.165) is 56.7 Å². The molecule has 1 fully saturated rings. The Hall–Kier alpha value is -1.06. The molecule has 0 saturated carbocycles. The van der Waals surface area contributed by atoms with Crippen LogP contribution in [0.4, 0.5) is 0 Å². The third-order valence-corrected chi connectivity index (χ3v) is 4.96. The number of aryl methyl sites for hydroxylation is 1. The molecule has 1 aromatic rings. The van der Waals surface area contributed by atoms with Gasteiger partial charge in [0.25, 0.3) is 0 Å². The summed E-state index contributed by atoms with van der Waals surface area (Å²) in [6.07, 6.45) is 0. The van der Waals surface area contributed by atoms with Gasteiger partial charge in [0.1, 0.15) is 5.75 Å². The summed E-state index contributed by atoms with van der Waals surface area (Å²) < 4.78 is 11.0. The summed E-state index contributed by atoms with van der Waals surface area (Å²) >= 11 is 0. The van der Waals surface area contributed by atoms with Crippen LogP contribution >= 0.6 is 24.0 Å².